The fourth-order valence-electron chi connectivity index (χ4n) is 3.25. The van der Waals surface area contributed by atoms with E-state index in [1.807, 2.05) is 12.1 Å². The third kappa shape index (κ3) is 3.69. The molecule has 1 aromatic heterocycles. The van der Waals surface area contributed by atoms with Crippen molar-refractivity contribution in [2.75, 3.05) is 0 Å². The molecule has 2 heterocycles. The van der Waals surface area contributed by atoms with Gasteiger partial charge in [-0.15, -0.1) is 0 Å². The zero-order valence-electron chi connectivity index (χ0n) is 13.4. The van der Waals surface area contributed by atoms with Gasteiger partial charge < -0.3 is 15.0 Å². The highest BCUT2D eigenvalue weighted by Crippen LogP contribution is 2.17. The molecule has 22 heavy (non-hydrogen) atoms. The summed E-state index contributed by atoms with van der Waals surface area (Å²) in [7, 11) is 0. The topological polar surface area (TPSA) is 50.1 Å². The van der Waals surface area contributed by atoms with Crippen LogP contribution in [0.1, 0.15) is 36.8 Å². The largest absolute Gasteiger partial charge is 0.508 e. The minimum Gasteiger partial charge on any atom is -0.508 e. The van der Waals surface area contributed by atoms with E-state index in [2.05, 4.69) is 34.9 Å². The molecule has 1 aromatic carbocycles. The number of hydrogen-bond acceptors (Lipinski definition) is 3. The van der Waals surface area contributed by atoms with Crippen molar-refractivity contribution < 1.29 is 5.11 Å². The minimum atomic E-state index is 0.337. The Morgan fingerprint density at radius 3 is 2.91 bits per heavy atom. The number of nitrogens with zero attached hydrogens (tertiary/aromatic N) is 2. The summed E-state index contributed by atoms with van der Waals surface area (Å²) in [5.41, 5.74) is 2.40. The third-order valence-corrected chi connectivity index (χ3v) is 4.44. The number of phenols is 1. The highest BCUT2D eigenvalue weighted by Gasteiger charge is 2.20. The van der Waals surface area contributed by atoms with Crippen LogP contribution in [0.25, 0.3) is 0 Å². The maximum atomic E-state index is 9.31. The van der Waals surface area contributed by atoms with Gasteiger partial charge >= 0.3 is 0 Å². The van der Waals surface area contributed by atoms with Crippen LogP contribution < -0.4 is 5.32 Å². The van der Waals surface area contributed by atoms with E-state index in [1.54, 1.807) is 12.1 Å². The van der Waals surface area contributed by atoms with E-state index in [0.717, 1.165) is 31.5 Å². The molecule has 0 saturated carbocycles. The first kappa shape index (κ1) is 15.1. The van der Waals surface area contributed by atoms with Crippen LogP contribution in [0.15, 0.2) is 30.5 Å². The lowest BCUT2D eigenvalue weighted by molar-refractivity contribution is 0.341. The second kappa shape index (κ2) is 6.53. The fraction of sp³-hybridized carbons (Fsp3) is 0.500. The maximum absolute atomic E-state index is 9.31. The number of hydrogen-bond donors (Lipinski definition) is 2. The van der Waals surface area contributed by atoms with Crippen molar-refractivity contribution in [2.24, 2.45) is 0 Å². The molecule has 0 amide bonds. The molecule has 0 aliphatic carbocycles. The van der Waals surface area contributed by atoms with Gasteiger partial charge in [-0.05, 0) is 50.8 Å². The van der Waals surface area contributed by atoms with Crippen LogP contribution in [0, 0.1) is 6.92 Å². The number of aryl methyl sites for hydroxylation is 3. The van der Waals surface area contributed by atoms with Gasteiger partial charge in [0.2, 0.25) is 0 Å². The lowest BCUT2D eigenvalue weighted by atomic mass is 10.0. The molecule has 0 fully saturated rings. The molecule has 0 bridgehead atoms. The lowest BCUT2D eigenvalue weighted by Crippen LogP contribution is -2.42. The van der Waals surface area contributed by atoms with E-state index >= 15 is 0 Å². The van der Waals surface area contributed by atoms with Gasteiger partial charge in [0.15, 0.2) is 0 Å². The number of rotatable bonds is 5. The number of phenolic OH excluding ortho intramolecular Hbond substituents is 1. The molecule has 0 unspecified atom stereocenters. The first-order chi connectivity index (χ1) is 10.6. The summed E-state index contributed by atoms with van der Waals surface area (Å²) in [6.45, 7) is 5.35. The smallest absolute Gasteiger partial charge is 0.115 e. The summed E-state index contributed by atoms with van der Waals surface area (Å²) in [5, 5.41) is 13.1. The van der Waals surface area contributed by atoms with E-state index in [-0.39, 0.29) is 0 Å². The Balaban J connectivity index is 1.48. The Kier molecular flexibility index (Phi) is 4.48. The summed E-state index contributed by atoms with van der Waals surface area (Å²) in [6.07, 6.45) is 6.54. The third-order valence-electron chi connectivity index (χ3n) is 4.44. The van der Waals surface area contributed by atoms with Gasteiger partial charge in [-0.25, -0.2) is 4.98 Å². The summed E-state index contributed by atoms with van der Waals surface area (Å²) < 4.78 is 2.29. The molecular formula is C18H25N3O. The quantitative estimate of drug-likeness (QED) is 0.892. The first-order valence-electron chi connectivity index (χ1n) is 8.17. The minimum absolute atomic E-state index is 0.337. The van der Waals surface area contributed by atoms with Crippen LogP contribution in [0.5, 0.6) is 5.75 Å². The van der Waals surface area contributed by atoms with Gasteiger partial charge in [0.25, 0.3) is 0 Å². The van der Waals surface area contributed by atoms with Crippen LogP contribution >= 0.6 is 0 Å². The molecule has 2 atom stereocenters. The van der Waals surface area contributed by atoms with Crippen LogP contribution in [-0.2, 0) is 19.4 Å². The van der Waals surface area contributed by atoms with Crippen LogP contribution in [0.3, 0.4) is 0 Å². The van der Waals surface area contributed by atoms with Crippen molar-refractivity contribution in [3.63, 3.8) is 0 Å². The standard InChI is InChI=1S/C18H25N3O/c1-13(3-4-15-5-8-17(22)9-6-15)19-16-7-10-18-20-14(2)11-21(18)12-16/h5-6,8-9,11,13,16,19,22H,3-4,7,10,12H2,1-2H3/t13-,16-/m1/s1. The van der Waals surface area contributed by atoms with Crippen LogP contribution in [0.4, 0.5) is 0 Å². The molecule has 4 heteroatoms. The zero-order valence-corrected chi connectivity index (χ0v) is 13.4. The molecule has 0 radical (unpaired) electrons. The van der Waals surface area contributed by atoms with E-state index in [0.29, 0.717) is 17.8 Å². The van der Waals surface area contributed by atoms with Gasteiger partial charge in [-0.3, -0.25) is 0 Å². The molecular weight excluding hydrogens is 274 g/mol. The number of benzene rings is 1. The van der Waals surface area contributed by atoms with Crippen molar-refractivity contribution in [3.05, 3.63) is 47.5 Å². The normalized spacial score (nSPS) is 18.9. The monoisotopic (exact) mass is 299 g/mol. The number of nitrogens with one attached hydrogen (secondary N) is 1. The number of aromatic nitrogens is 2. The fourth-order valence-corrected chi connectivity index (χ4v) is 3.25. The number of aromatic hydroxyl groups is 1. The lowest BCUT2D eigenvalue weighted by Gasteiger charge is -2.28. The molecule has 2 N–H and O–H groups in total. The Labute approximate surface area is 132 Å². The SMILES string of the molecule is Cc1cn2c(n1)CC[C@@H](N[C@H](C)CCc1ccc(O)cc1)C2. The number of fused-ring (bicyclic) bond motifs is 1. The molecule has 0 saturated heterocycles. The Morgan fingerprint density at radius 2 is 2.14 bits per heavy atom. The Hall–Kier alpha value is -1.81. The summed E-state index contributed by atoms with van der Waals surface area (Å²) in [6, 6.07) is 8.56. The summed E-state index contributed by atoms with van der Waals surface area (Å²) >= 11 is 0. The average Bonchev–Trinajstić information content (AvgIpc) is 2.86. The average molecular weight is 299 g/mol. The van der Waals surface area contributed by atoms with E-state index in [4.69, 9.17) is 0 Å². The highest BCUT2D eigenvalue weighted by molar-refractivity contribution is 5.25. The van der Waals surface area contributed by atoms with Crippen molar-refractivity contribution in [1.29, 1.82) is 0 Å². The predicted octanol–water partition coefficient (Wildman–Crippen LogP) is 2.82. The summed E-state index contributed by atoms with van der Waals surface area (Å²) in [4.78, 5) is 4.56. The zero-order chi connectivity index (χ0) is 15.5. The van der Waals surface area contributed by atoms with Gasteiger partial charge in [-0.1, -0.05) is 12.1 Å². The van der Waals surface area contributed by atoms with Gasteiger partial charge in [0.1, 0.15) is 11.6 Å². The summed E-state index contributed by atoms with van der Waals surface area (Å²) in [5.74, 6) is 1.57. The molecule has 2 aromatic rings. The Bertz CT molecular complexity index is 618. The second-order valence-electron chi connectivity index (χ2n) is 6.46. The van der Waals surface area contributed by atoms with Gasteiger partial charge in [0, 0.05) is 31.2 Å². The Morgan fingerprint density at radius 1 is 1.36 bits per heavy atom. The molecule has 3 rings (SSSR count). The second-order valence-corrected chi connectivity index (χ2v) is 6.46. The molecule has 4 nitrogen and oxygen atoms in total. The maximum Gasteiger partial charge on any atom is 0.115 e. The predicted molar refractivity (Wildman–Crippen MR) is 88.1 cm³/mol. The van der Waals surface area contributed by atoms with Crippen molar-refractivity contribution >= 4 is 0 Å². The van der Waals surface area contributed by atoms with Gasteiger partial charge in [0.05, 0.1) is 5.69 Å². The molecule has 118 valence electrons. The van der Waals surface area contributed by atoms with Crippen molar-refractivity contribution in [3.8, 4) is 5.75 Å². The number of imidazole rings is 1. The van der Waals surface area contributed by atoms with E-state index < -0.39 is 0 Å². The van der Waals surface area contributed by atoms with E-state index in [9.17, 15) is 5.11 Å². The van der Waals surface area contributed by atoms with Crippen molar-refractivity contribution in [1.82, 2.24) is 14.9 Å². The molecule has 0 spiro atoms. The van der Waals surface area contributed by atoms with Crippen molar-refractivity contribution in [2.45, 2.75) is 58.2 Å². The van der Waals surface area contributed by atoms with Gasteiger partial charge in [-0.2, -0.15) is 0 Å². The molecule has 1 aliphatic rings. The highest BCUT2D eigenvalue weighted by atomic mass is 16.3. The van der Waals surface area contributed by atoms with Crippen LogP contribution in [0.2, 0.25) is 0 Å². The van der Waals surface area contributed by atoms with Crippen LogP contribution in [-0.4, -0.2) is 26.7 Å². The molecule has 1 aliphatic heterocycles. The van der Waals surface area contributed by atoms with E-state index in [1.165, 1.54) is 17.8 Å². The first-order valence-corrected chi connectivity index (χ1v) is 8.17.